The number of hydrogen-bond donors (Lipinski definition) is 1. The van der Waals surface area contributed by atoms with Crippen molar-refractivity contribution >= 4 is 11.6 Å². The number of fused-ring (bicyclic) bond motifs is 1. The van der Waals surface area contributed by atoms with E-state index in [-0.39, 0.29) is 12.1 Å². The molecule has 0 spiro atoms. The number of ether oxygens (including phenoxy) is 1. The number of hydrogen-bond acceptors (Lipinski definition) is 3. The van der Waals surface area contributed by atoms with Crippen LogP contribution in [0.1, 0.15) is 27.7 Å². The molecule has 3 aromatic carbocycles. The Morgan fingerprint density at radius 1 is 0.923 bits per heavy atom. The van der Waals surface area contributed by atoms with Crippen LogP contribution in [0.2, 0.25) is 0 Å². The van der Waals surface area contributed by atoms with Gasteiger partial charge in [0.1, 0.15) is 11.9 Å². The minimum atomic E-state index is -0.241. The maximum atomic E-state index is 13.0. The van der Waals surface area contributed by atoms with Gasteiger partial charge in [0.05, 0.1) is 12.8 Å². The molecule has 1 aliphatic heterocycles. The van der Waals surface area contributed by atoms with Gasteiger partial charge in [0.2, 0.25) is 0 Å². The first-order chi connectivity index (χ1) is 12.8. The molecule has 0 unspecified atom stereocenters. The third-order valence-electron chi connectivity index (χ3n) is 4.65. The number of nitrogens with zero attached hydrogens (tertiary/aromatic N) is 1. The Labute approximate surface area is 153 Å². The molecule has 26 heavy (non-hydrogen) atoms. The zero-order chi connectivity index (χ0) is 17.9. The Bertz CT molecular complexity index is 924. The van der Waals surface area contributed by atoms with E-state index in [0.29, 0.717) is 6.54 Å². The lowest BCUT2D eigenvalue weighted by molar-refractivity contribution is 0.0728. The minimum absolute atomic E-state index is 0.0388. The van der Waals surface area contributed by atoms with E-state index in [1.807, 2.05) is 83.8 Å². The molecule has 4 nitrogen and oxygen atoms in total. The van der Waals surface area contributed by atoms with E-state index in [9.17, 15) is 4.79 Å². The highest BCUT2D eigenvalue weighted by Crippen LogP contribution is 2.37. The summed E-state index contributed by atoms with van der Waals surface area (Å²) >= 11 is 0. The van der Waals surface area contributed by atoms with Crippen LogP contribution in [0.15, 0.2) is 78.9 Å². The zero-order valence-electron chi connectivity index (χ0n) is 14.6. The second-order valence-electron chi connectivity index (χ2n) is 6.25. The summed E-state index contributed by atoms with van der Waals surface area (Å²) in [5.74, 6) is 0.792. The summed E-state index contributed by atoms with van der Waals surface area (Å²) in [6.07, 6.45) is -0.241. The monoisotopic (exact) mass is 344 g/mol. The molecule has 1 amide bonds. The molecule has 4 rings (SSSR count). The number of anilines is 1. The van der Waals surface area contributed by atoms with E-state index in [4.69, 9.17) is 4.74 Å². The molecule has 0 aliphatic carbocycles. The molecule has 4 heteroatoms. The highest BCUT2D eigenvalue weighted by molar-refractivity contribution is 5.99. The number of methoxy groups -OCH3 is 1. The summed E-state index contributed by atoms with van der Waals surface area (Å²) < 4.78 is 5.46. The molecule has 0 fully saturated rings. The smallest absolute Gasteiger partial charge is 0.256 e. The van der Waals surface area contributed by atoms with Crippen molar-refractivity contribution in [1.82, 2.24) is 4.90 Å². The summed E-state index contributed by atoms with van der Waals surface area (Å²) in [6, 6.07) is 25.6. The van der Waals surface area contributed by atoms with Gasteiger partial charge < -0.3 is 15.0 Å². The number of rotatable bonds is 5. The first kappa shape index (κ1) is 16.2. The van der Waals surface area contributed by atoms with Gasteiger partial charge in [0.25, 0.3) is 5.91 Å². The van der Waals surface area contributed by atoms with Crippen molar-refractivity contribution in [3.63, 3.8) is 0 Å². The second-order valence-corrected chi connectivity index (χ2v) is 6.25. The number of benzene rings is 3. The van der Waals surface area contributed by atoms with Gasteiger partial charge >= 0.3 is 0 Å². The van der Waals surface area contributed by atoms with Crippen molar-refractivity contribution in [1.29, 1.82) is 0 Å². The summed E-state index contributed by atoms with van der Waals surface area (Å²) in [6.45, 7) is 0.543. The van der Waals surface area contributed by atoms with Gasteiger partial charge in [0, 0.05) is 17.7 Å². The quantitative estimate of drug-likeness (QED) is 0.743. The number of amides is 1. The Kier molecular flexibility index (Phi) is 4.32. The highest BCUT2D eigenvalue weighted by atomic mass is 16.5. The van der Waals surface area contributed by atoms with Crippen LogP contribution in [0.25, 0.3) is 0 Å². The highest BCUT2D eigenvalue weighted by Gasteiger charge is 2.36. The third-order valence-corrected chi connectivity index (χ3v) is 4.65. The number of carbonyl (C=O) groups excluding carboxylic acids is 1. The van der Waals surface area contributed by atoms with Gasteiger partial charge in [-0.2, -0.15) is 0 Å². The van der Waals surface area contributed by atoms with Crippen molar-refractivity contribution in [3.8, 4) is 5.75 Å². The van der Waals surface area contributed by atoms with E-state index >= 15 is 0 Å². The fourth-order valence-electron chi connectivity index (χ4n) is 3.38. The summed E-state index contributed by atoms with van der Waals surface area (Å²) in [5, 5.41) is 3.50. The molecular formula is C22H20N2O2. The van der Waals surface area contributed by atoms with Crippen LogP contribution in [0.4, 0.5) is 5.69 Å². The number of carbonyl (C=O) groups is 1. The largest absolute Gasteiger partial charge is 0.495 e. The van der Waals surface area contributed by atoms with Crippen molar-refractivity contribution in [3.05, 3.63) is 95.6 Å². The van der Waals surface area contributed by atoms with Crippen LogP contribution in [0.3, 0.4) is 0 Å². The van der Waals surface area contributed by atoms with Gasteiger partial charge in [0.15, 0.2) is 0 Å². The van der Waals surface area contributed by atoms with Gasteiger partial charge in [-0.05, 0) is 23.8 Å². The molecule has 1 atom stereocenters. The van der Waals surface area contributed by atoms with Crippen molar-refractivity contribution in [2.45, 2.75) is 12.7 Å². The SMILES string of the molecule is COc1ccccc1N[C@@H]1c2ccccc2C(=O)N1Cc1ccccc1. The molecule has 1 N–H and O–H groups in total. The van der Waals surface area contributed by atoms with E-state index < -0.39 is 0 Å². The predicted molar refractivity (Wildman–Crippen MR) is 102 cm³/mol. The lowest BCUT2D eigenvalue weighted by atomic mass is 10.1. The topological polar surface area (TPSA) is 41.6 Å². The van der Waals surface area contributed by atoms with E-state index in [0.717, 1.165) is 28.1 Å². The van der Waals surface area contributed by atoms with Crippen molar-refractivity contribution < 1.29 is 9.53 Å². The Balaban J connectivity index is 1.71. The normalized spacial score (nSPS) is 15.7. The third kappa shape index (κ3) is 2.90. The van der Waals surface area contributed by atoms with Gasteiger partial charge in [-0.25, -0.2) is 0 Å². The predicted octanol–water partition coefficient (Wildman–Crippen LogP) is 4.46. The summed E-state index contributed by atoms with van der Waals surface area (Å²) in [4.78, 5) is 14.9. The molecule has 1 heterocycles. The fourth-order valence-corrected chi connectivity index (χ4v) is 3.38. The Morgan fingerprint density at radius 2 is 1.62 bits per heavy atom. The van der Waals surface area contributed by atoms with Crippen molar-refractivity contribution in [2.75, 3.05) is 12.4 Å². The van der Waals surface area contributed by atoms with Crippen LogP contribution in [0.5, 0.6) is 5.75 Å². The summed E-state index contributed by atoms with van der Waals surface area (Å²) in [5.41, 5.74) is 3.69. The van der Waals surface area contributed by atoms with Crippen LogP contribution in [0, 0.1) is 0 Å². The molecule has 1 aliphatic rings. The van der Waals surface area contributed by atoms with Crippen LogP contribution < -0.4 is 10.1 Å². The number of para-hydroxylation sites is 2. The zero-order valence-corrected chi connectivity index (χ0v) is 14.6. The Hall–Kier alpha value is -3.27. The molecule has 130 valence electrons. The maximum Gasteiger partial charge on any atom is 0.256 e. The second kappa shape index (κ2) is 6.92. The standard InChI is InChI=1S/C22H20N2O2/c1-26-20-14-8-7-13-19(20)23-21-17-11-5-6-12-18(17)22(25)24(21)15-16-9-3-2-4-10-16/h2-14,21,23H,15H2,1H3/t21-/m0/s1. The number of nitrogens with one attached hydrogen (secondary N) is 1. The van der Waals surface area contributed by atoms with E-state index in [2.05, 4.69) is 5.32 Å². The fraction of sp³-hybridized carbons (Fsp3) is 0.136. The van der Waals surface area contributed by atoms with Crippen molar-refractivity contribution in [2.24, 2.45) is 0 Å². The van der Waals surface area contributed by atoms with Gasteiger partial charge in [-0.3, -0.25) is 4.79 Å². The molecule has 0 aromatic heterocycles. The van der Waals surface area contributed by atoms with Crippen LogP contribution in [-0.4, -0.2) is 17.9 Å². The Morgan fingerprint density at radius 3 is 2.42 bits per heavy atom. The van der Waals surface area contributed by atoms with E-state index in [1.165, 1.54) is 0 Å². The summed E-state index contributed by atoms with van der Waals surface area (Å²) in [7, 11) is 1.65. The average molecular weight is 344 g/mol. The van der Waals surface area contributed by atoms with Gasteiger partial charge in [-0.1, -0.05) is 60.7 Å². The van der Waals surface area contributed by atoms with Gasteiger partial charge in [-0.15, -0.1) is 0 Å². The minimum Gasteiger partial charge on any atom is -0.495 e. The lowest BCUT2D eigenvalue weighted by Gasteiger charge is -2.28. The van der Waals surface area contributed by atoms with Crippen LogP contribution in [-0.2, 0) is 6.54 Å². The first-order valence-electron chi connectivity index (χ1n) is 8.61. The molecule has 0 radical (unpaired) electrons. The molecule has 0 bridgehead atoms. The van der Waals surface area contributed by atoms with E-state index in [1.54, 1.807) is 7.11 Å². The lowest BCUT2D eigenvalue weighted by Crippen LogP contribution is -2.32. The molecule has 0 saturated carbocycles. The molecule has 0 saturated heterocycles. The maximum absolute atomic E-state index is 13.0. The first-order valence-corrected chi connectivity index (χ1v) is 8.61. The molecule has 3 aromatic rings. The molecular weight excluding hydrogens is 324 g/mol. The average Bonchev–Trinajstić information content (AvgIpc) is 2.95. The van der Waals surface area contributed by atoms with Crippen LogP contribution >= 0.6 is 0 Å².